The number of aromatic nitrogens is 1. The number of carbonyl (C=O) groups excluding carboxylic acids is 1. The Labute approximate surface area is 109 Å². The van der Waals surface area contributed by atoms with E-state index in [9.17, 15) is 4.79 Å². The van der Waals surface area contributed by atoms with Crippen LogP contribution in [0.3, 0.4) is 0 Å². The van der Waals surface area contributed by atoms with E-state index in [0.29, 0.717) is 12.5 Å². The van der Waals surface area contributed by atoms with Gasteiger partial charge in [-0.05, 0) is 37.1 Å². The molecule has 0 atom stereocenters. The number of hydrogen-bond donors (Lipinski definition) is 1. The van der Waals surface area contributed by atoms with Crippen LogP contribution >= 0.6 is 0 Å². The summed E-state index contributed by atoms with van der Waals surface area (Å²) < 4.78 is 0. The largest absolute Gasteiger partial charge is 0.355 e. The summed E-state index contributed by atoms with van der Waals surface area (Å²) in [6, 6.07) is 4.01. The van der Waals surface area contributed by atoms with Crippen LogP contribution in [0.4, 0.5) is 0 Å². The Morgan fingerprint density at radius 1 is 1.39 bits per heavy atom. The molecule has 0 aliphatic carbocycles. The van der Waals surface area contributed by atoms with Crippen molar-refractivity contribution in [3.05, 3.63) is 30.1 Å². The molecule has 0 aliphatic heterocycles. The summed E-state index contributed by atoms with van der Waals surface area (Å²) >= 11 is 0. The number of nitrogens with zero attached hydrogens (tertiary/aromatic N) is 2. The summed E-state index contributed by atoms with van der Waals surface area (Å²) in [5.41, 5.74) is 1.25. The number of amides is 1. The number of nitrogens with one attached hydrogen (secondary N) is 1. The number of pyridine rings is 1. The lowest BCUT2D eigenvalue weighted by molar-refractivity contribution is -0.122. The van der Waals surface area contributed by atoms with Gasteiger partial charge < -0.3 is 5.32 Å². The summed E-state index contributed by atoms with van der Waals surface area (Å²) in [7, 11) is 1.97. The van der Waals surface area contributed by atoms with Crippen LogP contribution in [0.5, 0.6) is 0 Å². The molecule has 4 heteroatoms. The normalized spacial score (nSPS) is 10.9. The first-order valence-corrected chi connectivity index (χ1v) is 6.42. The van der Waals surface area contributed by atoms with Gasteiger partial charge in [0.05, 0.1) is 6.54 Å². The number of hydrogen-bond acceptors (Lipinski definition) is 3. The zero-order valence-electron chi connectivity index (χ0n) is 11.5. The van der Waals surface area contributed by atoms with Crippen molar-refractivity contribution < 1.29 is 4.79 Å². The minimum absolute atomic E-state index is 0.0981. The molecule has 100 valence electrons. The van der Waals surface area contributed by atoms with Crippen molar-refractivity contribution in [1.29, 1.82) is 0 Å². The van der Waals surface area contributed by atoms with Gasteiger partial charge in [0.2, 0.25) is 5.91 Å². The Morgan fingerprint density at radius 2 is 2.06 bits per heavy atom. The fourth-order valence-corrected chi connectivity index (χ4v) is 1.57. The molecule has 1 N–H and O–H groups in total. The number of rotatable bonds is 7. The van der Waals surface area contributed by atoms with E-state index in [1.807, 2.05) is 24.1 Å². The van der Waals surface area contributed by atoms with Crippen LogP contribution in [-0.4, -0.2) is 42.5 Å². The van der Waals surface area contributed by atoms with E-state index in [1.54, 1.807) is 12.4 Å². The molecule has 0 unspecified atom stereocenters. The minimum atomic E-state index is 0.0981. The van der Waals surface area contributed by atoms with Crippen LogP contribution in [0.15, 0.2) is 24.5 Å². The average Bonchev–Trinajstić information content (AvgIpc) is 2.35. The molecule has 1 amide bonds. The molecule has 1 aromatic heterocycles. The van der Waals surface area contributed by atoms with Crippen LogP contribution in [0.25, 0.3) is 0 Å². The highest BCUT2D eigenvalue weighted by molar-refractivity contribution is 5.77. The lowest BCUT2D eigenvalue weighted by atomic mass is 10.2. The second-order valence-electron chi connectivity index (χ2n) is 5.04. The molecule has 0 aromatic carbocycles. The van der Waals surface area contributed by atoms with Crippen LogP contribution in [-0.2, 0) is 11.2 Å². The molecule has 1 heterocycles. The molecule has 0 saturated carbocycles. The van der Waals surface area contributed by atoms with E-state index in [-0.39, 0.29) is 5.91 Å². The Hall–Kier alpha value is -1.42. The molecule has 1 rings (SSSR count). The summed E-state index contributed by atoms with van der Waals surface area (Å²) in [4.78, 5) is 17.6. The second kappa shape index (κ2) is 7.82. The lowest BCUT2D eigenvalue weighted by Gasteiger charge is -2.16. The van der Waals surface area contributed by atoms with Gasteiger partial charge in [0.25, 0.3) is 0 Å². The van der Waals surface area contributed by atoms with Crippen LogP contribution in [0, 0.1) is 5.92 Å². The minimum Gasteiger partial charge on any atom is -0.355 e. The zero-order valence-corrected chi connectivity index (χ0v) is 11.5. The Kier molecular flexibility index (Phi) is 6.36. The molecule has 0 saturated heterocycles. The Morgan fingerprint density at radius 3 is 2.67 bits per heavy atom. The van der Waals surface area contributed by atoms with Crippen molar-refractivity contribution in [1.82, 2.24) is 15.2 Å². The fraction of sp³-hybridized carbons (Fsp3) is 0.571. The second-order valence-corrected chi connectivity index (χ2v) is 5.04. The number of likely N-dealkylation sites (N-methyl/N-ethyl adjacent to an activating group) is 1. The van der Waals surface area contributed by atoms with Crippen molar-refractivity contribution in [3.63, 3.8) is 0 Å². The highest BCUT2D eigenvalue weighted by Crippen LogP contribution is 1.98. The molecule has 1 aromatic rings. The zero-order chi connectivity index (χ0) is 13.4. The van der Waals surface area contributed by atoms with Gasteiger partial charge in [0.15, 0.2) is 0 Å². The van der Waals surface area contributed by atoms with E-state index < -0.39 is 0 Å². The third kappa shape index (κ3) is 6.35. The molecule has 0 fully saturated rings. The third-order valence-electron chi connectivity index (χ3n) is 2.65. The van der Waals surface area contributed by atoms with Crippen LogP contribution in [0.1, 0.15) is 19.4 Å². The maximum absolute atomic E-state index is 11.6. The quantitative estimate of drug-likeness (QED) is 0.793. The van der Waals surface area contributed by atoms with Crippen molar-refractivity contribution in [2.24, 2.45) is 5.92 Å². The SMILES string of the molecule is CC(C)CNC(=O)CN(C)CCc1ccncc1. The maximum atomic E-state index is 11.6. The summed E-state index contributed by atoms with van der Waals surface area (Å²) in [5.74, 6) is 0.594. The van der Waals surface area contributed by atoms with E-state index >= 15 is 0 Å². The van der Waals surface area contributed by atoms with E-state index in [4.69, 9.17) is 0 Å². The van der Waals surface area contributed by atoms with Gasteiger partial charge in [-0.1, -0.05) is 13.8 Å². The monoisotopic (exact) mass is 249 g/mol. The molecule has 18 heavy (non-hydrogen) atoms. The highest BCUT2D eigenvalue weighted by Gasteiger charge is 2.06. The molecule has 4 nitrogen and oxygen atoms in total. The Bertz CT molecular complexity index is 351. The smallest absolute Gasteiger partial charge is 0.234 e. The van der Waals surface area contributed by atoms with E-state index in [1.165, 1.54) is 5.56 Å². The standard InChI is InChI=1S/C14H23N3O/c1-12(2)10-16-14(18)11-17(3)9-6-13-4-7-15-8-5-13/h4-5,7-8,12H,6,9-11H2,1-3H3,(H,16,18). The first-order chi connectivity index (χ1) is 8.58. The highest BCUT2D eigenvalue weighted by atomic mass is 16.2. The van der Waals surface area contributed by atoms with Gasteiger partial charge in [-0.3, -0.25) is 14.7 Å². The Balaban J connectivity index is 2.21. The van der Waals surface area contributed by atoms with Gasteiger partial charge in [0, 0.05) is 25.5 Å². The van der Waals surface area contributed by atoms with Gasteiger partial charge in [-0.25, -0.2) is 0 Å². The van der Waals surface area contributed by atoms with Crippen LogP contribution < -0.4 is 5.32 Å². The molecule has 0 radical (unpaired) electrons. The van der Waals surface area contributed by atoms with Crippen molar-refractivity contribution in [2.45, 2.75) is 20.3 Å². The molecule has 0 bridgehead atoms. The summed E-state index contributed by atoms with van der Waals surface area (Å²) in [5, 5.41) is 2.92. The summed E-state index contributed by atoms with van der Waals surface area (Å²) in [6.07, 6.45) is 4.53. The summed E-state index contributed by atoms with van der Waals surface area (Å²) in [6.45, 7) is 6.26. The van der Waals surface area contributed by atoms with Crippen LogP contribution in [0.2, 0.25) is 0 Å². The molecule has 0 spiro atoms. The maximum Gasteiger partial charge on any atom is 0.234 e. The lowest BCUT2D eigenvalue weighted by Crippen LogP contribution is -2.37. The van der Waals surface area contributed by atoms with Gasteiger partial charge in [-0.15, -0.1) is 0 Å². The van der Waals surface area contributed by atoms with Gasteiger partial charge in [-0.2, -0.15) is 0 Å². The van der Waals surface area contributed by atoms with Gasteiger partial charge >= 0.3 is 0 Å². The molecular weight excluding hydrogens is 226 g/mol. The van der Waals surface area contributed by atoms with E-state index in [0.717, 1.165) is 19.5 Å². The molecule has 0 aliphatic rings. The van der Waals surface area contributed by atoms with Crippen molar-refractivity contribution in [3.8, 4) is 0 Å². The average molecular weight is 249 g/mol. The fourth-order valence-electron chi connectivity index (χ4n) is 1.57. The predicted octanol–water partition coefficient (Wildman–Crippen LogP) is 1.33. The first kappa shape index (κ1) is 14.6. The third-order valence-corrected chi connectivity index (χ3v) is 2.65. The first-order valence-electron chi connectivity index (χ1n) is 6.42. The predicted molar refractivity (Wildman–Crippen MR) is 73.3 cm³/mol. The van der Waals surface area contributed by atoms with Crippen molar-refractivity contribution in [2.75, 3.05) is 26.7 Å². The van der Waals surface area contributed by atoms with Crippen molar-refractivity contribution >= 4 is 5.91 Å². The topological polar surface area (TPSA) is 45.2 Å². The molecular formula is C14H23N3O. The van der Waals surface area contributed by atoms with E-state index in [2.05, 4.69) is 24.1 Å². The van der Waals surface area contributed by atoms with Gasteiger partial charge in [0.1, 0.15) is 0 Å². The number of carbonyl (C=O) groups is 1.